The number of hydrogen-bond donors (Lipinski definition) is 0. The van der Waals surface area contributed by atoms with Gasteiger partial charge in [-0.2, -0.15) is 0 Å². The monoisotopic (exact) mass is 193 g/mol. The van der Waals surface area contributed by atoms with Gasteiger partial charge in [-0.05, 0) is 31.4 Å². The molecule has 1 aromatic heterocycles. The molecule has 0 amide bonds. The van der Waals surface area contributed by atoms with Gasteiger partial charge in [0.05, 0.1) is 6.10 Å². The fraction of sp³-hybridized carbons (Fsp3) is 0.545. The van der Waals surface area contributed by atoms with Gasteiger partial charge < -0.3 is 9.30 Å². The lowest BCUT2D eigenvalue weighted by Gasteiger charge is -2.22. The highest BCUT2D eigenvalue weighted by Gasteiger charge is 2.18. The zero-order valence-corrected chi connectivity index (χ0v) is 8.40. The number of hydrogen-bond acceptors (Lipinski definition) is 2. The van der Waals surface area contributed by atoms with E-state index < -0.39 is 0 Å². The first kappa shape index (κ1) is 9.46. The Bertz CT molecular complexity index is 364. The van der Waals surface area contributed by atoms with E-state index in [4.69, 9.17) is 4.74 Å². The lowest BCUT2D eigenvalue weighted by atomic mass is 10.0. The SMILES string of the molecule is Cn1cccc(C2CCCCO2)c1=O. The molecule has 0 aliphatic carbocycles. The maximum Gasteiger partial charge on any atom is 0.256 e. The maximum absolute atomic E-state index is 11.8. The van der Waals surface area contributed by atoms with Crippen LogP contribution in [-0.2, 0) is 11.8 Å². The zero-order valence-electron chi connectivity index (χ0n) is 8.40. The molecule has 0 N–H and O–H groups in total. The largest absolute Gasteiger partial charge is 0.373 e. The Balaban J connectivity index is 2.31. The molecule has 0 aromatic carbocycles. The van der Waals surface area contributed by atoms with Crippen LogP contribution in [0, 0.1) is 0 Å². The molecule has 1 aliphatic heterocycles. The van der Waals surface area contributed by atoms with Crippen molar-refractivity contribution in [2.45, 2.75) is 25.4 Å². The Morgan fingerprint density at radius 3 is 3.07 bits per heavy atom. The van der Waals surface area contributed by atoms with Crippen molar-refractivity contribution in [3.05, 3.63) is 34.2 Å². The van der Waals surface area contributed by atoms with Gasteiger partial charge in [0.2, 0.25) is 0 Å². The normalized spacial score (nSPS) is 22.2. The molecule has 1 aliphatic rings. The second kappa shape index (κ2) is 3.96. The summed E-state index contributed by atoms with van der Waals surface area (Å²) in [6.07, 6.45) is 5.03. The van der Waals surface area contributed by atoms with Crippen molar-refractivity contribution in [2.24, 2.45) is 7.05 Å². The number of pyridine rings is 1. The average Bonchev–Trinajstić information content (AvgIpc) is 2.23. The van der Waals surface area contributed by atoms with Crippen LogP contribution in [0.15, 0.2) is 23.1 Å². The molecule has 1 saturated heterocycles. The quantitative estimate of drug-likeness (QED) is 0.678. The molecule has 1 atom stereocenters. The summed E-state index contributed by atoms with van der Waals surface area (Å²) in [7, 11) is 1.77. The van der Waals surface area contributed by atoms with Gasteiger partial charge in [0.25, 0.3) is 5.56 Å². The lowest BCUT2D eigenvalue weighted by Crippen LogP contribution is -2.25. The van der Waals surface area contributed by atoms with E-state index in [9.17, 15) is 4.79 Å². The van der Waals surface area contributed by atoms with Crippen molar-refractivity contribution in [3.8, 4) is 0 Å². The first-order chi connectivity index (χ1) is 6.79. The Morgan fingerprint density at radius 2 is 2.36 bits per heavy atom. The number of ether oxygens (including phenoxy) is 1. The highest BCUT2D eigenvalue weighted by Crippen LogP contribution is 2.25. The summed E-state index contributed by atoms with van der Waals surface area (Å²) < 4.78 is 7.19. The van der Waals surface area contributed by atoms with E-state index in [2.05, 4.69) is 0 Å². The lowest BCUT2D eigenvalue weighted by molar-refractivity contribution is 0.0139. The minimum absolute atomic E-state index is 0.0173. The molecule has 2 heterocycles. The summed E-state index contributed by atoms with van der Waals surface area (Å²) >= 11 is 0. The minimum atomic E-state index is 0.0173. The molecule has 1 aromatic rings. The van der Waals surface area contributed by atoms with Crippen LogP contribution in [0.2, 0.25) is 0 Å². The molecule has 3 heteroatoms. The van der Waals surface area contributed by atoms with Gasteiger partial charge in [0.15, 0.2) is 0 Å². The van der Waals surface area contributed by atoms with Gasteiger partial charge in [-0.3, -0.25) is 4.79 Å². The third kappa shape index (κ3) is 1.73. The van der Waals surface area contributed by atoms with Crippen molar-refractivity contribution in [1.29, 1.82) is 0 Å². The van der Waals surface area contributed by atoms with Crippen LogP contribution in [0.5, 0.6) is 0 Å². The van der Waals surface area contributed by atoms with E-state index in [0.717, 1.165) is 31.4 Å². The van der Waals surface area contributed by atoms with E-state index in [1.54, 1.807) is 17.8 Å². The van der Waals surface area contributed by atoms with E-state index >= 15 is 0 Å². The molecule has 0 spiro atoms. The topological polar surface area (TPSA) is 31.2 Å². The Labute approximate surface area is 83.3 Å². The van der Waals surface area contributed by atoms with Gasteiger partial charge in [-0.25, -0.2) is 0 Å². The van der Waals surface area contributed by atoms with Crippen LogP contribution < -0.4 is 5.56 Å². The summed E-state index contributed by atoms with van der Waals surface area (Å²) in [4.78, 5) is 11.8. The van der Waals surface area contributed by atoms with E-state index in [0.29, 0.717) is 0 Å². The summed E-state index contributed by atoms with van der Waals surface area (Å²) in [6.45, 7) is 0.780. The van der Waals surface area contributed by atoms with Crippen molar-refractivity contribution < 1.29 is 4.74 Å². The molecular formula is C11H15NO2. The molecule has 1 fully saturated rings. The van der Waals surface area contributed by atoms with Gasteiger partial charge in [0, 0.05) is 25.4 Å². The number of rotatable bonds is 1. The second-order valence-corrected chi connectivity index (χ2v) is 3.73. The molecule has 3 nitrogen and oxygen atoms in total. The van der Waals surface area contributed by atoms with Crippen LogP contribution in [-0.4, -0.2) is 11.2 Å². The molecule has 2 rings (SSSR count). The van der Waals surface area contributed by atoms with Crippen molar-refractivity contribution in [1.82, 2.24) is 4.57 Å². The van der Waals surface area contributed by atoms with Crippen LogP contribution in [0.1, 0.15) is 30.9 Å². The molecular weight excluding hydrogens is 178 g/mol. The molecule has 1 unspecified atom stereocenters. The number of aryl methyl sites for hydroxylation is 1. The van der Waals surface area contributed by atoms with Crippen LogP contribution in [0.4, 0.5) is 0 Å². The van der Waals surface area contributed by atoms with Crippen LogP contribution >= 0.6 is 0 Å². The van der Waals surface area contributed by atoms with Crippen molar-refractivity contribution in [2.75, 3.05) is 6.61 Å². The molecule has 14 heavy (non-hydrogen) atoms. The summed E-state index contributed by atoms with van der Waals surface area (Å²) in [5.41, 5.74) is 0.870. The second-order valence-electron chi connectivity index (χ2n) is 3.73. The molecule has 0 radical (unpaired) electrons. The molecule has 76 valence electrons. The van der Waals surface area contributed by atoms with E-state index in [1.165, 1.54) is 0 Å². The highest BCUT2D eigenvalue weighted by molar-refractivity contribution is 5.13. The molecule has 0 saturated carbocycles. The summed E-state index contributed by atoms with van der Waals surface area (Å²) in [6, 6.07) is 3.77. The van der Waals surface area contributed by atoms with Crippen LogP contribution in [0.25, 0.3) is 0 Å². The maximum atomic E-state index is 11.8. The van der Waals surface area contributed by atoms with E-state index in [1.807, 2.05) is 12.1 Å². The fourth-order valence-electron chi connectivity index (χ4n) is 1.85. The van der Waals surface area contributed by atoms with Crippen LogP contribution in [0.3, 0.4) is 0 Å². The zero-order chi connectivity index (χ0) is 9.97. The van der Waals surface area contributed by atoms with E-state index in [-0.39, 0.29) is 11.7 Å². The average molecular weight is 193 g/mol. The summed E-state index contributed by atoms with van der Waals surface area (Å²) in [5, 5.41) is 0. The highest BCUT2D eigenvalue weighted by atomic mass is 16.5. The van der Waals surface area contributed by atoms with Gasteiger partial charge in [0.1, 0.15) is 0 Å². The third-order valence-electron chi connectivity index (χ3n) is 2.68. The third-order valence-corrected chi connectivity index (χ3v) is 2.68. The predicted molar refractivity (Wildman–Crippen MR) is 54.2 cm³/mol. The first-order valence-electron chi connectivity index (χ1n) is 5.06. The Morgan fingerprint density at radius 1 is 1.50 bits per heavy atom. The van der Waals surface area contributed by atoms with Gasteiger partial charge >= 0.3 is 0 Å². The standard InChI is InChI=1S/C11H15NO2/c1-12-7-4-5-9(11(12)13)10-6-2-3-8-14-10/h4-5,7,10H,2-3,6,8H2,1H3. The van der Waals surface area contributed by atoms with Crippen molar-refractivity contribution >= 4 is 0 Å². The van der Waals surface area contributed by atoms with Gasteiger partial charge in [-0.15, -0.1) is 0 Å². The smallest absolute Gasteiger partial charge is 0.256 e. The van der Waals surface area contributed by atoms with Gasteiger partial charge in [-0.1, -0.05) is 0 Å². The summed E-state index contributed by atoms with van der Waals surface area (Å²) in [5.74, 6) is 0. The predicted octanol–water partition coefficient (Wildman–Crippen LogP) is 1.63. The Hall–Kier alpha value is -1.09. The van der Waals surface area contributed by atoms with Crippen molar-refractivity contribution in [3.63, 3.8) is 0 Å². The Kier molecular flexibility index (Phi) is 2.68. The first-order valence-corrected chi connectivity index (χ1v) is 5.06. The number of aromatic nitrogens is 1. The number of nitrogens with zero attached hydrogens (tertiary/aromatic N) is 1. The fourth-order valence-corrected chi connectivity index (χ4v) is 1.85. The molecule has 0 bridgehead atoms. The minimum Gasteiger partial charge on any atom is -0.373 e.